The van der Waals surface area contributed by atoms with Gasteiger partial charge < -0.3 is 14.8 Å². The van der Waals surface area contributed by atoms with E-state index in [0.717, 1.165) is 31.9 Å². The minimum absolute atomic E-state index is 0.208. The van der Waals surface area contributed by atoms with E-state index in [2.05, 4.69) is 23.0 Å². The molecule has 21 heavy (non-hydrogen) atoms. The van der Waals surface area contributed by atoms with Crippen molar-refractivity contribution < 1.29 is 4.79 Å². The van der Waals surface area contributed by atoms with Crippen LogP contribution in [0.4, 0.5) is 0 Å². The summed E-state index contributed by atoms with van der Waals surface area (Å²) in [7, 11) is 0. The van der Waals surface area contributed by atoms with Crippen LogP contribution in [0.25, 0.3) is 0 Å². The minimum atomic E-state index is 0.208. The Labute approximate surface area is 127 Å². The van der Waals surface area contributed by atoms with Gasteiger partial charge in [-0.3, -0.25) is 4.79 Å². The monoisotopic (exact) mass is 289 g/mol. The van der Waals surface area contributed by atoms with E-state index in [-0.39, 0.29) is 5.91 Å². The Morgan fingerprint density at radius 3 is 2.86 bits per heavy atom. The highest BCUT2D eigenvalue weighted by Crippen LogP contribution is 2.33. The molecule has 1 aromatic rings. The summed E-state index contributed by atoms with van der Waals surface area (Å²) in [5, 5.41) is 3.44. The first-order valence-corrected chi connectivity index (χ1v) is 8.46. The standard InChI is InChI=1S/C17H27N3O/c1-2-19(13-14-6-4-10-18-12-14)17(21)16-9-5-11-20(16)15-7-3-8-15/h5,9,11,14-15,18H,2-4,6-8,10,12-13H2,1H3. The largest absolute Gasteiger partial charge is 0.340 e. The molecular weight excluding hydrogens is 262 g/mol. The Kier molecular flexibility index (Phi) is 4.63. The van der Waals surface area contributed by atoms with Crippen molar-refractivity contribution >= 4 is 5.91 Å². The van der Waals surface area contributed by atoms with Crippen LogP contribution in [-0.4, -0.2) is 41.6 Å². The zero-order valence-electron chi connectivity index (χ0n) is 13.1. The fraction of sp³-hybridized carbons (Fsp3) is 0.706. The smallest absolute Gasteiger partial charge is 0.270 e. The molecule has 1 saturated heterocycles. The Morgan fingerprint density at radius 1 is 1.38 bits per heavy atom. The van der Waals surface area contributed by atoms with Gasteiger partial charge in [0.1, 0.15) is 5.69 Å². The summed E-state index contributed by atoms with van der Waals surface area (Å²) in [5.41, 5.74) is 0.880. The predicted molar refractivity (Wildman–Crippen MR) is 84.5 cm³/mol. The van der Waals surface area contributed by atoms with E-state index < -0.39 is 0 Å². The third-order valence-electron chi connectivity index (χ3n) is 5.01. The highest BCUT2D eigenvalue weighted by atomic mass is 16.2. The van der Waals surface area contributed by atoms with Gasteiger partial charge >= 0.3 is 0 Å². The maximum Gasteiger partial charge on any atom is 0.270 e. The Bertz CT molecular complexity index is 472. The number of aromatic nitrogens is 1. The number of amides is 1. The fourth-order valence-electron chi connectivity index (χ4n) is 3.47. The van der Waals surface area contributed by atoms with E-state index in [4.69, 9.17) is 0 Å². The van der Waals surface area contributed by atoms with Crippen LogP contribution >= 0.6 is 0 Å². The van der Waals surface area contributed by atoms with E-state index in [1.54, 1.807) is 0 Å². The Hall–Kier alpha value is -1.29. The first-order chi connectivity index (χ1) is 10.3. The maximum atomic E-state index is 12.9. The number of rotatable bonds is 5. The average Bonchev–Trinajstić information content (AvgIpc) is 2.92. The second kappa shape index (κ2) is 6.65. The van der Waals surface area contributed by atoms with Gasteiger partial charge in [-0.25, -0.2) is 0 Å². The lowest BCUT2D eigenvalue weighted by Gasteiger charge is -2.32. The molecule has 1 atom stereocenters. The van der Waals surface area contributed by atoms with Gasteiger partial charge in [-0.15, -0.1) is 0 Å². The van der Waals surface area contributed by atoms with Gasteiger partial charge in [0.05, 0.1) is 0 Å². The van der Waals surface area contributed by atoms with Gasteiger partial charge in [-0.2, -0.15) is 0 Å². The number of nitrogens with one attached hydrogen (secondary N) is 1. The van der Waals surface area contributed by atoms with Crippen molar-refractivity contribution in [2.75, 3.05) is 26.2 Å². The number of hydrogen-bond donors (Lipinski definition) is 1. The zero-order chi connectivity index (χ0) is 14.7. The molecular formula is C17H27N3O. The summed E-state index contributed by atoms with van der Waals surface area (Å²) in [5.74, 6) is 0.815. The lowest BCUT2D eigenvalue weighted by molar-refractivity contribution is 0.0712. The Balaban J connectivity index is 1.68. The molecule has 3 rings (SSSR count). The molecule has 4 nitrogen and oxygen atoms in total. The third-order valence-corrected chi connectivity index (χ3v) is 5.01. The maximum absolute atomic E-state index is 12.9. The van der Waals surface area contributed by atoms with Gasteiger partial charge in [0.25, 0.3) is 5.91 Å². The van der Waals surface area contributed by atoms with Crippen molar-refractivity contribution in [2.45, 2.75) is 45.1 Å². The molecule has 116 valence electrons. The summed E-state index contributed by atoms with van der Waals surface area (Å²) >= 11 is 0. The molecule has 2 fully saturated rings. The molecule has 1 aliphatic heterocycles. The molecule has 0 radical (unpaired) electrons. The van der Waals surface area contributed by atoms with Crippen molar-refractivity contribution in [3.05, 3.63) is 24.0 Å². The molecule has 1 aliphatic carbocycles. The topological polar surface area (TPSA) is 37.3 Å². The number of nitrogens with zero attached hydrogens (tertiary/aromatic N) is 2. The van der Waals surface area contributed by atoms with Gasteiger partial charge in [-0.05, 0) is 70.2 Å². The van der Waals surface area contributed by atoms with Gasteiger partial charge in [0.15, 0.2) is 0 Å². The van der Waals surface area contributed by atoms with Crippen molar-refractivity contribution in [3.8, 4) is 0 Å². The number of piperidine rings is 1. The SMILES string of the molecule is CCN(CC1CCCNC1)C(=O)c1cccn1C1CCC1. The second-order valence-corrected chi connectivity index (χ2v) is 6.44. The second-order valence-electron chi connectivity index (χ2n) is 6.44. The average molecular weight is 289 g/mol. The van der Waals surface area contributed by atoms with Crippen LogP contribution in [0.2, 0.25) is 0 Å². The predicted octanol–water partition coefficient (Wildman–Crippen LogP) is 2.67. The van der Waals surface area contributed by atoms with E-state index in [1.165, 1.54) is 32.1 Å². The first-order valence-electron chi connectivity index (χ1n) is 8.46. The minimum Gasteiger partial charge on any atom is -0.340 e. The van der Waals surface area contributed by atoms with Crippen molar-refractivity contribution in [1.29, 1.82) is 0 Å². The number of hydrogen-bond acceptors (Lipinski definition) is 2. The fourth-order valence-corrected chi connectivity index (χ4v) is 3.47. The molecule has 1 N–H and O–H groups in total. The third kappa shape index (κ3) is 3.15. The highest BCUT2D eigenvalue weighted by Gasteiger charge is 2.26. The van der Waals surface area contributed by atoms with E-state index in [0.29, 0.717) is 12.0 Å². The van der Waals surface area contributed by atoms with Crippen molar-refractivity contribution in [2.24, 2.45) is 5.92 Å². The van der Waals surface area contributed by atoms with E-state index in [9.17, 15) is 4.79 Å². The van der Waals surface area contributed by atoms with Crippen LogP contribution in [0, 0.1) is 5.92 Å². The first kappa shape index (κ1) is 14.6. The molecule has 4 heteroatoms. The van der Waals surface area contributed by atoms with Crippen LogP contribution < -0.4 is 5.32 Å². The Morgan fingerprint density at radius 2 is 2.24 bits per heavy atom. The molecule has 0 aromatic carbocycles. The lowest BCUT2D eigenvalue weighted by atomic mass is 9.92. The summed E-state index contributed by atoms with van der Waals surface area (Å²) in [6, 6.07) is 4.55. The molecule has 0 bridgehead atoms. The van der Waals surface area contributed by atoms with Crippen LogP contribution in [0.15, 0.2) is 18.3 Å². The summed E-state index contributed by atoms with van der Waals surface area (Å²) < 4.78 is 2.20. The summed E-state index contributed by atoms with van der Waals surface area (Å²) in [6.45, 7) is 5.95. The lowest BCUT2D eigenvalue weighted by Crippen LogP contribution is -2.41. The van der Waals surface area contributed by atoms with E-state index in [1.807, 2.05) is 17.0 Å². The van der Waals surface area contributed by atoms with Gasteiger partial charge in [-0.1, -0.05) is 0 Å². The highest BCUT2D eigenvalue weighted by molar-refractivity contribution is 5.92. The van der Waals surface area contributed by atoms with Crippen LogP contribution in [-0.2, 0) is 0 Å². The summed E-state index contributed by atoms with van der Waals surface area (Å²) in [4.78, 5) is 14.9. The molecule has 2 aliphatic rings. The molecule has 1 amide bonds. The molecule has 1 unspecified atom stereocenters. The normalized spacial score (nSPS) is 22.8. The van der Waals surface area contributed by atoms with Crippen molar-refractivity contribution in [1.82, 2.24) is 14.8 Å². The summed E-state index contributed by atoms with van der Waals surface area (Å²) in [6.07, 6.45) is 8.27. The van der Waals surface area contributed by atoms with Crippen molar-refractivity contribution in [3.63, 3.8) is 0 Å². The van der Waals surface area contributed by atoms with Crippen LogP contribution in [0.3, 0.4) is 0 Å². The quantitative estimate of drug-likeness (QED) is 0.905. The van der Waals surface area contributed by atoms with Crippen LogP contribution in [0.5, 0.6) is 0 Å². The van der Waals surface area contributed by atoms with Gasteiger partial charge in [0.2, 0.25) is 0 Å². The van der Waals surface area contributed by atoms with E-state index >= 15 is 0 Å². The number of carbonyl (C=O) groups excluding carboxylic acids is 1. The zero-order valence-corrected chi connectivity index (χ0v) is 13.1. The molecule has 2 heterocycles. The molecule has 1 aromatic heterocycles. The number of carbonyl (C=O) groups is 1. The van der Waals surface area contributed by atoms with Crippen LogP contribution in [0.1, 0.15) is 55.6 Å². The molecule has 0 spiro atoms. The van der Waals surface area contributed by atoms with Gasteiger partial charge in [0, 0.05) is 25.3 Å². The molecule has 1 saturated carbocycles.